The van der Waals surface area contributed by atoms with Gasteiger partial charge in [-0.25, -0.2) is 17.7 Å². The molecule has 8 nitrogen and oxygen atoms in total. The summed E-state index contributed by atoms with van der Waals surface area (Å²) in [5.41, 5.74) is 1.45. The van der Waals surface area contributed by atoms with Crippen LogP contribution in [0.5, 0.6) is 0 Å². The van der Waals surface area contributed by atoms with E-state index in [1.165, 1.54) is 23.5 Å². The van der Waals surface area contributed by atoms with Gasteiger partial charge in [-0.15, -0.1) is 27.8 Å². The van der Waals surface area contributed by atoms with Crippen LogP contribution in [0.25, 0.3) is 15.7 Å². The first kappa shape index (κ1) is 21.6. The largest absolute Gasteiger partial charge is 0.326 e. The maximum Gasteiger partial charge on any atom is 0.240 e. The molecule has 0 unspecified atom stereocenters. The van der Waals surface area contributed by atoms with Crippen LogP contribution in [0.1, 0.15) is 19.5 Å². The van der Waals surface area contributed by atoms with E-state index in [9.17, 15) is 13.2 Å². The molecular formula is C20H21N5O3S3. The van der Waals surface area contributed by atoms with Gasteiger partial charge in [0, 0.05) is 30.0 Å². The third-order valence-corrected chi connectivity index (χ3v) is 7.73. The van der Waals surface area contributed by atoms with Crippen molar-refractivity contribution in [3.8, 4) is 10.7 Å². The van der Waals surface area contributed by atoms with Gasteiger partial charge in [0.1, 0.15) is 0 Å². The van der Waals surface area contributed by atoms with Crippen LogP contribution in [0, 0.1) is 5.92 Å². The van der Waals surface area contributed by atoms with Gasteiger partial charge in [0.05, 0.1) is 15.5 Å². The molecule has 2 N–H and O–H groups in total. The highest BCUT2D eigenvalue weighted by molar-refractivity contribution is 7.89. The highest BCUT2D eigenvalue weighted by Gasteiger charge is 2.16. The third kappa shape index (κ3) is 4.85. The summed E-state index contributed by atoms with van der Waals surface area (Å²) in [7, 11) is -3.66. The average Bonchev–Trinajstić information content (AvgIpc) is 3.46. The standard InChI is InChI=1S/C20H21N5O3S3/c1-13(2)19(26)22-14-5-7-16(8-6-14)31(27,28)21-10-9-15-12-30-20-23-18(24-25(15)20)17-4-3-11-29-17/h3-8,11-13,21H,9-10H2,1-2H3,(H,22,26). The van der Waals surface area contributed by atoms with Crippen molar-refractivity contribution in [2.24, 2.45) is 5.92 Å². The Hall–Kier alpha value is -2.60. The molecule has 4 aromatic rings. The number of anilines is 1. The van der Waals surface area contributed by atoms with Crippen molar-refractivity contribution in [2.45, 2.75) is 25.2 Å². The van der Waals surface area contributed by atoms with E-state index >= 15 is 0 Å². The number of nitrogens with zero attached hydrogens (tertiary/aromatic N) is 3. The lowest BCUT2D eigenvalue weighted by Gasteiger charge is -2.09. The lowest BCUT2D eigenvalue weighted by Crippen LogP contribution is -2.26. The maximum absolute atomic E-state index is 12.6. The van der Waals surface area contributed by atoms with Crippen molar-refractivity contribution in [1.82, 2.24) is 19.3 Å². The minimum Gasteiger partial charge on any atom is -0.326 e. The molecule has 0 saturated carbocycles. The van der Waals surface area contributed by atoms with Gasteiger partial charge in [-0.05, 0) is 35.7 Å². The molecule has 0 fully saturated rings. The minimum atomic E-state index is -3.66. The van der Waals surface area contributed by atoms with Gasteiger partial charge in [0.25, 0.3) is 0 Å². The summed E-state index contributed by atoms with van der Waals surface area (Å²) in [6.07, 6.45) is 0.481. The summed E-state index contributed by atoms with van der Waals surface area (Å²) in [5.74, 6) is 0.402. The molecule has 31 heavy (non-hydrogen) atoms. The van der Waals surface area contributed by atoms with Gasteiger partial charge in [-0.3, -0.25) is 4.79 Å². The van der Waals surface area contributed by atoms with E-state index in [0.717, 1.165) is 15.5 Å². The maximum atomic E-state index is 12.6. The second kappa shape index (κ2) is 8.87. The van der Waals surface area contributed by atoms with E-state index in [1.54, 1.807) is 41.8 Å². The number of nitrogens with one attached hydrogen (secondary N) is 2. The predicted octanol–water partition coefficient (Wildman–Crippen LogP) is 3.63. The van der Waals surface area contributed by atoms with Crippen LogP contribution in [0.2, 0.25) is 0 Å². The molecule has 3 aromatic heterocycles. The van der Waals surface area contributed by atoms with Gasteiger partial charge in [-0.2, -0.15) is 4.98 Å². The first-order chi connectivity index (χ1) is 14.8. The summed E-state index contributed by atoms with van der Waals surface area (Å²) < 4.78 is 29.6. The van der Waals surface area contributed by atoms with Gasteiger partial charge >= 0.3 is 0 Å². The van der Waals surface area contributed by atoms with E-state index in [4.69, 9.17) is 0 Å². The highest BCUT2D eigenvalue weighted by atomic mass is 32.2. The molecule has 0 aliphatic carbocycles. The number of amides is 1. The molecule has 11 heteroatoms. The van der Waals surface area contributed by atoms with Crippen LogP contribution >= 0.6 is 22.7 Å². The van der Waals surface area contributed by atoms with Crippen LogP contribution < -0.4 is 10.0 Å². The molecule has 1 amide bonds. The van der Waals surface area contributed by atoms with Crippen LogP contribution in [0.3, 0.4) is 0 Å². The zero-order valence-electron chi connectivity index (χ0n) is 16.9. The molecule has 1 aromatic carbocycles. The molecule has 0 saturated heterocycles. The van der Waals surface area contributed by atoms with Crippen LogP contribution in [0.15, 0.2) is 52.1 Å². The average molecular weight is 476 g/mol. The SMILES string of the molecule is CC(C)C(=O)Nc1ccc(S(=O)(=O)NCCc2csc3nc(-c4cccs4)nn23)cc1. The number of benzene rings is 1. The summed E-state index contributed by atoms with van der Waals surface area (Å²) in [6.45, 7) is 3.82. The van der Waals surface area contributed by atoms with Crippen molar-refractivity contribution in [3.05, 3.63) is 52.9 Å². The van der Waals surface area contributed by atoms with Gasteiger partial charge in [0.15, 0.2) is 5.82 Å². The second-order valence-electron chi connectivity index (χ2n) is 7.15. The summed E-state index contributed by atoms with van der Waals surface area (Å²) >= 11 is 3.05. The molecule has 0 bridgehead atoms. The quantitative estimate of drug-likeness (QED) is 0.405. The molecule has 0 atom stereocenters. The van der Waals surface area contributed by atoms with Crippen molar-refractivity contribution < 1.29 is 13.2 Å². The number of thiophene rings is 1. The van der Waals surface area contributed by atoms with Crippen molar-refractivity contribution in [2.75, 3.05) is 11.9 Å². The molecule has 0 aliphatic rings. The highest BCUT2D eigenvalue weighted by Crippen LogP contribution is 2.24. The number of aromatic nitrogens is 3. The smallest absolute Gasteiger partial charge is 0.240 e. The van der Waals surface area contributed by atoms with E-state index in [1.807, 2.05) is 22.9 Å². The molecule has 0 spiro atoms. The normalized spacial score (nSPS) is 12.0. The lowest BCUT2D eigenvalue weighted by atomic mass is 10.2. The number of sulfonamides is 1. The second-order valence-corrected chi connectivity index (χ2v) is 10.7. The lowest BCUT2D eigenvalue weighted by molar-refractivity contribution is -0.118. The molecule has 0 radical (unpaired) electrons. The third-order valence-electron chi connectivity index (χ3n) is 4.52. The monoisotopic (exact) mass is 475 g/mol. The molecule has 3 heterocycles. The number of hydrogen-bond donors (Lipinski definition) is 2. The molecular weight excluding hydrogens is 454 g/mol. The first-order valence-corrected chi connectivity index (χ1v) is 12.9. The number of carbonyl (C=O) groups is 1. The Labute approximate surface area is 188 Å². The summed E-state index contributed by atoms with van der Waals surface area (Å²) in [6, 6.07) is 10.0. The molecule has 162 valence electrons. The fourth-order valence-corrected chi connectivity index (χ4v) is 5.35. The van der Waals surface area contributed by atoms with Crippen molar-refractivity contribution in [1.29, 1.82) is 0 Å². The van der Waals surface area contributed by atoms with Crippen molar-refractivity contribution in [3.63, 3.8) is 0 Å². The summed E-state index contributed by atoms with van der Waals surface area (Å²) in [4.78, 5) is 18.2. The predicted molar refractivity (Wildman–Crippen MR) is 123 cm³/mol. The summed E-state index contributed by atoms with van der Waals surface area (Å²) in [5, 5.41) is 11.2. The van der Waals surface area contributed by atoms with Gasteiger partial charge in [0.2, 0.25) is 20.9 Å². The first-order valence-electron chi connectivity index (χ1n) is 9.61. The number of carbonyl (C=O) groups excluding carboxylic acids is 1. The zero-order valence-corrected chi connectivity index (χ0v) is 19.4. The zero-order chi connectivity index (χ0) is 22.0. The Morgan fingerprint density at radius 3 is 2.61 bits per heavy atom. The fraction of sp³-hybridized carbons (Fsp3) is 0.250. The van der Waals surface area contributed by atoms with Gasteiger partial charge in [-0.1, -0.05) is 19.9 Å². The Balaban J connectivity index is 1.39. The van der Waals surface area contributed by atoms with Crippen LogP contribution in [-0.4, -0.2) is 35.5 Å². The number of hydrogen-bond acceptors (Lipinski definition) is 7. The van der Waals surface area contributed by atoms with Crippen molar-refractivity contribution >= 4 is 49.3 Å². The topological polar surface area (TPSA) is 105 Å². The fourth-order valence-electron chi connectivity index (χ4n) is 2.81. The Morgan fingerprint density at radius 2 is 1.94 bits per heavy atom. The molecule has 4 rings (SSSR count). The van der Waals surface area contributed by atoms with E-state index < -0.39 is 10.0 Å². The van der Waals surface area contributed by atoms with E-state index in [-0.39, 0.29) is 23.3 Å². The van der Waals surface area contributed by atoms with E-state index in [0.29, 0.717) is 17.9 Å². The van der Waals surface area contributed by atoms with Crippen LogP contribution in [0.4, 0.5) is 5.69 Å². The van der Waals surface area contributed by atoms with Crippen LogP contribution in [-0.2, 0) is 21.2 Å². The van der Waals surface area contributed by atoms with E-state index in [2.05, 4.69) is 20.1 Å². The molecule has 0 aliphatic heterocycles. The van der Waals surface area contributed by atoms with Gasteiger partial charge < -0.3 is 5.32 Å². The minimum absolute atomic E-state index is 0.119. The Morgan fingerprint density at radius 1 is 1.16 bits per heavy atom. The Kier molecular flexibility index (Phi) is 6.19. The number of fused-ring (bicyclic) bond motifs is 1. The Bertz CT molecular complexity index is 1290. The number of rotatable bonds is 8. The number of thiazole rings is 1.